The summed E-state index contributed by atoms with van der Waals surface area (Å²) in [6.45, 7) is 8.06. The molecule has 0 unspecified atom stereocenters. The largest absolute Gasteiger partial charge is 0.459 e. The van der Waals surface area contributed by atoms with Gasteiger partial charge in [-0.25, -0.2) is 9.48 Å². The first-order chi connectivity index (χ1) is 15.9. The van der Waals surface area contributed by atoms with Crippen LogP contribution in [0.15, 0.2) is 12.3 Å². The van der Waals surface area contributed by atoms with E-state index in [9.17, 15) is 24.5 Å². The lowest BCUT2D eigenvalue weighted by atomic mass is 10.1. The van der Waals surface area contributed by atoms with E-state index in [1.54, 1.807) is 27.7 Å². The molecule has 0 saturated carbocycles. The molecular weight excluding hydrogens is 466 g/mol. The van der Waals surface area contributed by atoms with Gasteiger partial charge < -0.3 is 15.8 Å². The number of rotatable bonds is 8. The fourth-order valence-electron chi connectivity index (χ4n) is 3.31. The van der Waals surface area contributed by atoms with Crippen LogP contribution in [-0.2, 0) is 11.4 Å². The van der Waals surface area contributed by atoms with Crippen LogP contribution >= 0.6 is 11.3 Å². The van der Waals surface area contributed by atoms with Crippen molar-refractivity contribution in [3.8, 4) is 0 Å². The number of thiophene rings is 1. The summed E-state index contributed by atoms with van der Waals surface area (Å²) < 4.78 is 8.03. The molecule has 3 aromatic rings. The molecule has 14 heteroatoms. The van der Waals surface area contributed by atoms with Crippen molar-refractivity contribution in [2.75, 3.05) is 5.32 Å². The first kappa shape index (κ1) is 24.6. The van der Waals surface area contributed by atoms with E-state index >= 15 is 0 Å². The summed E-state index contributed by atoms with van der Waals surface area (Å²) in [4.78, 5) is 48.0. The molecule has 0 atom stereocenters. The van der Waals surface area contributed by atoms with E-state index in [0.717, 1.165) is 11.3 Å². The van der Waals surface area contributed by atoms with Crippen LogP contribution in [0.5, 0.6) is 0 Å². The van der Waals surface area contributed by atoms with E-state index in [-0.39, 0.29) is 39.2 Å². The third kappa shape index (κ3) is 4.80. The fraction of sp³-hybridized carbons (Fsp3) is 0.350. The van der Waals surface area contributed by atoms with Gasteiger partial charge >= 0.3 is 11.7 Å². The highest BCUT2D eigenvalue weighted by molar-refractivity contribution is 7.18. The minimum absolute atomic E-state index is 0.0193. The molecule has 13 nitrogen and oxygen atoms in total. The van der Waals surface area contributed by atoms with Crippen LogP contribution in [-0.4, -0.2) is 48.4 Å². The number of anilines is 1. The highest BCUT2D eigenvalue weighted by Gasteiger charge is 2.27. The Balaban J connectivity index is 1.85. The van der Waals surface area contributed by atoms with Gasteiger partial charge in [-0.2, -0.15) is 10.2 Å². The number of primary amides is 1. The standard InChI is InChI=1S/C20H23N7O6S/c1-9(2)33-20(30)14-10(3)16(17(21)28)34-19(14)22-18(29)13-6-7-25(24-13)8-26-12(5)15(27(31)32)11(4)23-26/h6-7,9H,8H2,1-5H3,(H2,21,28)(H,22,29). The SMILES string of the molecule is Cc1nn(Cn2ccc(C(=O)Nc3sc(C(N)=O)c(C)c3C(=O)OC(C)C)n2)c(C)c1[N+](=O)[O-]. The van der Waals surface area contributed by atoms with Gasteiger partial charge in [0.05, 0.1) is 21.5 Å². The molecule has 2 amide bonds. The van der Waals surface area contributed by atoms with Crippen LogP contribution < -0.4 is 11.1 Å². The zero-order valence-electron chi connectivity index (χ0n) is 19.1. The highest BCUT2D eigenvalue weighted by atomic mass is 32.1. The molecule has 0 fully saturated rings. The summed E-state index contributed by atoms with van der Waals surface area (Å²) in [5.74, 6) is -2.05. The van der Waals surface area contributed by atoms with Gasteiger partial charge in [0.1, 0.15) is 23.1 Å². The number of aromatic nitrogens is 4. The van der Waals surface area contributed by atoms with Gasteiger partial charge in [-0.05, 0) is 46.2 Å². The summed E-state index contributed by atoms with van der Waals surface area (Å²) in [5.41, 5.74) is 6.33. The Bertz CT molecular complexity index is 1300. The van der Waals surface area contributed by atoms with E-state index in [2.05, 4.69) is 15.5 Å². The van der Waals surface area contributed by atoms with E-state index in [1.165, 1.54) is 28.6 Å². The number of carbonyl (C=O) groups is 3. The Kier molecular flexibility index (Phi) is 6.81. The molecule has 3 N–H and O–H groups in total. The van der Waals surface area contributed by atoms with Gasteiger partial charge in [0.15, 0.2) is 5.69 Å². The third-order valence-corrected chi connectivity index (χ3v) is 6.04. The zero-order chi connectivity index (χ0) is 25.3. The summed E-state index contributed by atoms with van der Waals surface area (Å²) in [5, 5.41) is 22.2. The maximum absolute atomic E-state index is 12.8. The number of nitro groups is 1. The van der Waals surface area contributed by atoms with E-state index in [4.69, 9.17) is 10.5 Å². The van der Waals surface area contributed by atoms with Crippen LogP contribution in [0.1, 0.15) is 61.3 Å². The maximum atomic E-state index is 12.8. The van der Waals surface area contributed by atoms with Crippen molar-refractivity contribution in [3.05, 3.63) is 55.5 Å². The van der Waals surface area contributed by atoms with Crippen molar-refractivity contribution in [2.24, 2.45) is 5.73 Å². The van der Waals surface area contributed by atoms with Gasteiger partial charge in [0, 0.05) is 6.20 Å². The topological polar surface area (TPSA) is 177 Å². The third-order valence-electron chi connectivity index (χ3n) is 4.82. The maximum Gasteiger partial charge on any atom is 0.341 e. The lowest BCUT2D eigenvalue weighted by molar-refractivity contribution is -0.386. The monoisotopic (exact) mass is 489 g/mol. The van der Waals surface area contributed by atoms with E-state index in [1.807, 2.05) is 0 Å². The number of amides is 2. The fourth-order valence-corrected chi connectivity index (χ4v) is 4.35. The number of ether oxygens (including phenoxy) is 1. The quantitative estimate of drug-likeness (QED) is 0.275. The minimum atomic E-state index is -0.732. The van der Waals surface area contributed by atoms with E-state index < -0.39 is 28.8 Å². The Morgan fingerprint density at radius 3 is 2.50 bits per heavy atom. The average Bonchev–Trinajstić information content (AvgIpc) is 3.38. The summed E-state index contributed by atoms with van der Waals surface area (Å²) in [7, 11) is 0. The number of carbonyl (C=O) groups excluding carboxylic acids is 3. The molecular formula is C20H23N7O6S. The number of hydrogen-bond donors (Lipinski definition) is 2. The Morgan fingerprint density at radius 1 is 1.26 bits per heavy atom. The number of nitrogens with zero attached hydrogens (tertiary/aromatic N) is 5. The average molecular weight is 490 g/mol. The van der Waals surface area contributed by atoms with Gasteiger partial charge in [0.25, 0.3) is 11.8 Å². The van der Waals surface area contributed by atoms with Crippen LogP contribution in [0.4, 0.5) is 10.7 Å². The van der Waals surface area contributed by atoms with Crippen LogP contribution in [0.2, 0.25) is 0 Å². The highest BCUT2D eigenvalue weighted by Crippen LogP contribution is 2.34. The lowest BCUT2D eigenvalue weighted by Gasteiger charge is -2.10. The molecule has 0 bridgehead atoms. The molecule has 0 radical (unpaired) electrons. The minimum Gasteiger partial charge on any atom is -0.459 e. The first-order valence-corrected chi connectivity index (χ1v) is 10.9. The lowest BCUT2D eigenvalue weighted by Crippen LogP contribution is -2.18. The second kappa shape index (κ2) is 9.43. The van der Waals surface area contributed by atoms with Gasteiger partial charge in [-0.3, -0.25) is 24.4 Å². The van der Waals surface area contributed by atoms with Gasteiger partial charge in [-0.15, -0.1) is 11.3 Å². The molecule has 3 heterocycles. The molecule has 3 rings (SSSR count). The molecule has 0 aliphatic carbocycles. The molecule has 0 saturated heterocycles. The number of aryl methyl sites for hydroxylation is 1. The van der Waals surface area contributed by atoms with Crippen LogP contribution in [0.3, 0.4) is 0 Å². The molecule has 180 valence electrons. The molecule has 0 aliphatic rings. The Hall–Kier alpha value is -4.07. The van der Waals surface area contributed by atoms with Crippen molar-refractivity contribution in [3.63, 3.8) is 0 Å². The smallest absolute Gasteiger partial charge is 0.341 e. The van der Waals surface area contributed by atoms with Gasteiger partial charge in [0.2, 0.25) is 0 Å². The molecule has 0 spiro atoms. The molecule has 0 aromatic carbocycles. The molecule has 3 aromatic heterocycles. The van der Waals surface area contributed by atoms with Crippen LogP contribution in [0, 0.1) is 30.9 Å². The number of nitrogens with one attached hydrogen (secondary N) is 1. The normalized spacial score (nSPS) is 11.0. The van der Waals surface area contributed by atoms with Crippen molar-refractivity contribution in [1.82, 2.24) is 19.6 Å². The van der Waals surface area contributed by atoms with E-state index in [0.29, 0.717) is 11.3 Å². The summed E-state index contributed by atoms with van der Waals surface area (Å²) in [6, 6.07) is 1.44. The summed E-state index contributed by atoms with van der Waals surface area (Å²) >= 11 is 0.871. The zero-order valence-corrected chi connectivity index (χ0v) is 19.9. The van der Waals surface area contributed by atoms with Crippen molar-refractivity contribution >= 4 is 39.8 Å². The molecule has 0 aliphatic heterocycles. The Labute approximate surface area is 197 Å². The second-order valence-corrected chi connectivity index (χ2v) is 8.71. The van der Waals surface area contributed by atoms with Crippen molar-refractivity contribution in [2.45, 2.75) is 47.4 Å². The first-order valence-electron chi connectivity index (χ1n) is 10.1. The number of hydrogen-bond acceptors (Lipinski definition) is 9. The van der Waals surface area contributed by atoms with Crippen molar-refractivity contribution in [1.29, 1.82) is 0 Å². The summed E-state index contributed by atoms with van der Waals surface area (Å²) in [6.07, 6.45) is 1.10. The predicted octanol–water partition coefficient (Wildman–Crippen LogP) is 2.40. The van der Waals surface area contributed by atoms with Crippen LogP contribution in [0.25, 0.3) is 0 Å². The second-order valence-electron chi connectivity index (χ2n) is 7.69. The van der Waals surface area contributed by atoms with Gasteiger partial charge in [-0.1, -0.05) is 0 Å². The van der Waals surface area contributed by atoms with Crippen molar-refractivity contribution < 1.29 is 24.0 Å². The Morgan fingerprint density at radius 2 is 1.94 bits per heavy atom. The number of esters is 1. The predicted molar refractivity (Wildman–Crippen MR) is 122 cm³/mol. The number of nitrogens with two attached hydrogens (primary N) is 1. The molecule has 34 heavy (non-hydrogen) atoms.